The number of ketones is 1. The number of carbonyl (C=O) groups excluding carboxylic acids is 2. The van der Waals surface area contributed by atoms with Crippen LogP contribution < -0.4 is 5.32 Å². The summed E-state index contributed by atoms with van der Waals surface area (Å²) < 4.78 is 5.42. The first kappa shape index (κ1) is 22.0. The molecule has 2 aliphatic rings. The molecule has 1 aliphatic heterocycles. The molecule has 1 aliphatic carbocycles. The number of hydrogen-bond acceptors (Lipinski definition) is 7. The molecule has 4 rings (SSSR count). The largest absolute Gasteiger partial charge is 0.462 e. The highest BCUT2D eigenvalue weighted by molar-refractivity contribution is 7.10. The Kier molecular flexibility index (Phi) is 6.23. The van der Waals surface area contributed by atoms with Crippen LogP contribution in [0.3, 0.4) is 0 Å². The Balaban J connectivity index is 1.82. The molecule has 0 bridgehead atoms. The number of benzene rings is 1. The molecule has 0 radical (unpaired) electrons. The van der Waals surface area contributed by atoms with E-state index in [1.807, 2.05) is 24.4 Å². The van der Waals surface area contributed by atoms with Crippen molar-refractivity contribution in [3.05, 3.63) is 84.9 Å². The average Bonchev–Trinajstić information content (AvgIpc) is 3.31. The number of nitrogens with zero attached hydrogens (tertiary/aromatic N) is 1. The fraction of sp³-hybridized carbons (Fsp3) is 0.333. The number of nitro benzene ring substituents is 1. The maximum atomic E-state index is 13.4. The van der Waals surface area contributed by atoms with Crippen LogP contribution in [0.4, 0.5) is 5.69 Å². The lowest BCUT2D eigenvalue weighted by Crippen LogP contribution is -2.36. The van der Waals surface area contributed by atoms with Gasteiger partial charge in [-0.3, -0.25) is 14.9 Å². The second-order valence-corrected chi connectivity index (χ2v) is 9.00. The van der Waals surface area contributed by atoms with Gasteiger partial charge in [0, 0.05) is 52.2 Å². The van der Waals surface area contributed by atoms with Crippen LogP contribution in [-0.2, 0) is 14.3 Å². The SMILES string of the molecule is CCCOC(=O)C1=C(C)NC2=C(C(=O)CC(c3cccs3)C2)C1c1cccc([N+](=O)[O-])c1. The number of ether oxygens (including phenoxy) is 1. The molecule has 1 aromatic heterocycles. The van der Waals surface area contributed by atoms with E-state index < -0.39 is 16.8 Å². The first-order valence-corrected chi connectivity index (χ1v) is 11.5. The van der Waals surface area contributed by atoms with Crippen LogP contribution in [0, 0.1) is 10.1 Å². The molecule has 2 heterocycles. The number of non-ortho nitro benzene ring substituents is 1. The second-order valence-electron chi connectivity index (χ2n) is 8.02. The van der Waals surface area contributed by atoms with Crippen molar-refractivity contribution in [3.63, 3.8) is 0 Å². The summed E-state index contributed by atoms with van der Waals surface area (Å²) in [6.45, 7) is 3.95. The zero-order valence-corrected chi connectivity index (χ0v) is 18.7. The van der Waals surface area contributed by atoms with E-state index in [0.29, 0.717) is 41.7 Å². The van der Waals surface area contributed by atoms with Crippen molar-refractivity contribution in [2.24, 2.45) is 0 Å². The fourth-order valence-electron chi connectivity index (χ4n) is 4.46. The fourth-order valence-corrected chi connectivity index (χ4v) is 5.29. The highest BCUT2D eigenvalue weighted by Gasteiger charge is 2.41. The third-order valence-electron chi connectivity index (χ3n) is 5.84. The Morgan fingerprint density at radius 2 is 2.09 bits per heavy atom. The Labute approximate surface area is 189 Å². The molecule has 0 saturated carbocycles. The second kappa shape index (κ2) is 9.08. The third kappa shape index (κ3) is 4.10. The van der Waals surface area contributed by atoms with E-state index in [1.54, 1.807) is 30.4 Å². The van der Waals surface area contributed by atoms with Crippen molar-refractivity contribution in [2.75, 3.05) is 6.61 Å². The smallest absolute Gasteiger partial charge is 0.336 e. The van der Waals surface area contributed by atoms with Crippen LogP contribution in [-0.4, -0.2) is 23.3 Å². The van der Waals surface area contributed by atoms with Crippen molar-refractivity contribution in [2.45, 2.75) is 44.9 Å². The maximum Gasteiger partial charge on any atom is 0.336 e. The topological polar surface area (TPSA) is 98.5 Å². The summed E-state index contributed by atoms with van der Waals surface area (Å²) in [6.07, 6.45) is 1.65. The molecule has 0 saturated heterocycles. The van der Waals surface area contributed by atoms with Gasteiger partial charge in [-0.05, 0) is 36.8 Å². The predicted octanol–water partition coefficient (Wildman–Crippen LogP) is 4.97. The van der Waals surface area contributed by atoms with E-state index in [0.717, 1.165) is 10.6 Å². The average molecular weight is 453 g/mol. The van der Waals surface area contributed by atoms with E-state index in [-0.39, 0.29) is 24.0 Å². The lowest BCUT2D eigenvalue weighted by molar-refractivity contribution is -0.384. The molecule has 7 nitrogen and oxygen atoms in total. The molecule has 0 spiro atoms. The van der Waals surface area contributed by atoms with Crippen LogP contribution in [0.1, 0.15) is 55.4 Å². The van der Waals surface area contributed by atoms with Gasteiger partial charge in [-0.25, -0.2) is 4.79 Å². The van der Waals surface area contributed by atoms with Gasteiger partial charge in [0.15, 0.2) is 5.78 Å². The number of allylic oxidation sites excluding steroid dienone is 3. The summed E-state index contributed by atoms with van der Waals surface area (Å²) in [4.78, 5) is 38.5. The van der Waals surface area contributed by atoms with Crippen molar-refractivity contribution in [3.8, 4) is 0 Å². The molecule has 1 aromatic carbocycles. The van der Waals surface area contributed by atoms with Crippen molar-refractivity contribution >= 4 is 28.8 Å². The Morgan fingerprint density at radius 1 is 1.28 bits per heavy atom. The maximum absolute atomic E-state index is 13.4. The number of nitrogens with one attached hydrogen (secondary N) is 1. The highest BCUT2D eigenvalue weighted by Crippen LogP contribution is 2.46. The van der Waals surface area contributed by atoms with Gasteiger partial charge in [-0.1, -0.05) is 25.1 Å². The van der Waals surface area contributed by atoms with E-state index in [2.05, 4.69) is 5.32 Å². The summed E-state index contributed by atoms with van der Waals surface area (Å²) in [5.74, 6) is -1.19. The predicted molar refractivity (Wildman–Crippen MR) is 121 cm³/mol. The van der Waals surface area contributed by atoms with Gasteiger partial charge in [-0.2, -0.15) is 0 Å². The van der Waals surface area contributed by atoms with Gasteiger partial charge in [0.2, 0.25) is 0 Å². The normalized spacial score (nSPS) is 20.6. The monoisotopic (exact) mass is 452 g/mol. The molecule has 0 amide bonds. The molecule has 8 heteroatoms. The molecule has 2 unspecified atom stereocenters. The number of nitro groups is 1. The minimum absolute atomic E-state index is 0.0538. The quantitative estimate of drug-likeness (QED) is 0.377. The number of rotatable bonds is 6. The first-order chi connectivity index (χ1) is 15.4. The number of carbonyl (C=O) groups is 2. The molecule has 1 N–H and O–H groups in total. The van der Waals surface area contributed by atoms with Gasteiger partial charge in [-0.15, -0.1) is 11.3 Å². The highest BCUT2D eigenvalue weighted by atomic mass is 32.1. The van der Waals surface area contributed by atoms with E-state index in [1.165, 1.54) is 12.1 Å². The summed E-state index contributed by atoms with van der Waals surface area (Å²) in [7, 11) is 0. The van der Waals surface area contributed by atoms with Gasteiger partial charge in [0.1, 0.15) is 0 Å². The van der Waals surface area contributed by atoms with E-state index in [4.69, 9.17) is 4.74 Å². The van der Waals surface area contributed by atoms with Gasteiger partial charge >= 0.3 is 5.97 Å². The number of Topliss-reactive ketones (excluding diaryl/α,β-unsaturated/α-hetero) is 1. The van der Waals surface area contributed by atoms with E-state index in [9.17, 15) is 19.7 Å². The lowest BCUT2D eigenvalue weighted by atomic mass is 9.72. The lowest BCUT2D eigenvalue weighted by Gasteiger charge is -2.36. The first-order valence-electron chi connectivity index (χ1n) is 10.6. The van der Waals surface area contributed by atoms with Gasteiger partial charge in [0.05, 0.1) is 17.1 Å². The number of esters is 1. The summed E-state index contributed by atoms with van der Waals surface area (Å²) in [5.41, 5.74) is 2.69. The minimum Gasteiger partial charge on any atom is -0.462 e. The summed E-state index contributed by atoms with van der Waals surface area (Å²) in [5, 5.41) is 16.7. The standard InChI is InChI=1S/C24H24N2O5S/c1-3-9-31-24(28)21-14(2)25-18-12-16(20-8-5-10-32-20)13-19(27)23(18)22(21)15-6-4-7-17(11-15)26(29)30/h4-8,10-11,16,22,25H,3,9,12-13H2,1-2H3. The summed E-state index contributed by atoms with van der Waals surface area (Å²) >= 11 is 1.62. The number of dihydropyridines is 1. The molecule has 166 valence electrons. The molecule has 0 fully saturated rings. The van der Waals surface area contributed by atoms with E-state index >= 15 is 0 Å². The van der Waals surface area contributed by atoms with Crippen LogP contribution in [0.5, 0.6) is 0 Å². The van der Waals surface area contributed by atoms with Crippen LogP contribution in [0.2, 0.25) is 0 Å². The minimum atomic E-state index is -0.702. The Bertz CT molecular complexity index is 1130. The van der Waals surface area contributed by atoms with Gasteiger partial charge in [0.25, 0.3) is 5.69 Å². The van der Waals surface area contributed by atoms with Crippen LogP contribution >= 0.6 is 11.3 Å². The molecular formula is C24H24N2O5S. The molecule has 32 heavy (non-hydrogen) atoms. The van der Waals surface area contributed by atoms with Crippen molar-refractivity contribution in [1.29, 1.82) is 0 Å². The number of thiophene rings is 1. The molecule has 2 aromatic rings. The zero-order chi connectivity index (χ0) is 22.8. The zero-order valence-electron chi connectivity index (χ0n) is 17.9. The summed E-state index contributed by atoms with van der Waals surface area (Å²) in [6, 6.07) is 10.2. The Hall–Kier alpha value is -3.26. The van der Waals surface area contributed by atoms with Crippen molar-refractivity contribution < 1.29 is 19.2 Å². The molecular weight excluding hydrogens is 428 g/mol. The number of hydrogen-bond donors (Lipinski definition) is 1. The third-order valence-corrected chi connectivity index (χ3v) is 6.88. The van der Waals surface area contributed by atoms with Gasteiger partial charge < -0.3 is 10.1 Å². The molecule has 2 atom stereocenters. The van der Waals surface area contributed by atoms with Crippen LogP contribution in [0.15, 0.2) is 64.3 Å². The Morgan fingerprint density at radius 3 is 2.78 bits per heavy atom. The van der Waals surface area contributed by atoms with Crippen molar-refractivity contribution in [1.82, 2.24) is 5.32 Å². The van der Waals surface area contributed by atoms with Crippen LogP contribution in [0.25, 0.3) is 0 Å².